The molecule has 0 saturated heterocycles. The molecular formula is C14H12BrF7O. The Morgan fingerprint density at radius 3 is 1.91 bits per heavy atom. The van der Waals surface area contributed by atoms with E-state index < -0.39 is 63.2 Å². The van der Waals surface area contributed by atoms with E-state index in [-0.39, 0.29) is 0 Å². The van der Waals surface area contributed by atoms with Gasteiger partial charge in [-0.05, 0) is 54.2 Å². The predicted molar refractivity (Wildman–Crippen MR) is 71.8 cm³/mol. The Kier molecular flexibility index (Phi) is 3.99. The molecule has 0 amide bonds. The van der Waals surface area contributed by atoms with Gasteiger partial charge in [0, 0.05) is 5.56 Å². The first-order valence-electron chi connectivity index (χ1n) is 6.52. The third-order valence-corrected chi connectivity index (χ3v) is 5.15. The van der Waals surface area contributed by atoms with Crippen LogP contribution in [0.15, 0.2) is 10.5 Å². The van der Waals surface area contributed by atoms with E-state index in [9.17, 15) is 35.8 Å². The maximum atomic E-state index is 14.1. The van der Waals surface area contributed by atoms with Crippen LogP contribution in [0.5, 0.6) is 5.75 Å². The third-order valence-electron chi connectivity index (χ3n) is 4.37. The van der Waals surface area contributed by atoms with Gasteiger partial charge in [0.1, 0.15) is 0 Å². The fourth-order valence-electron chi connectivity index (χ4n) is 2.42. The largest absolute Gasteiger partial charge is 0.505 e. The van der Waals surface area contributed by atoms with E-state index in [1.165, 1.54) is 0 Å². The highest BCUT2D eigenvalue weighted by molar-refractivity contribution is 9.10. The quantitative estimate of drug-likeness (QED) is 0.619. The van der Waals surface area contributed by atoms with Crippen molar-refractivity contribution in [3.8, 4) is 5.75 Å². The van der Waals surface area contributed by atoms with E-state index >= 15 is 0 Å². The molecule has 1 N–H and O–H groups in total. The maximum Gasteiger partial charge on any atom is 0.398 e. The lowest BCUT2D eigenvalue weighted by Crippen LogP contribution is -2.37. The molecule has 0 bridgehead atoms. The average Bonchev–Trinajstić information content (AvgIpc) is 3.15. The second-order valence-electron chi connectivity index (χ2n) is 6.15. The predicted octanol–water partition coefficient (Wildman–Crippen LogP) is 5.73. The molecule has 0 spiro atoms. The van der Waals surface area contributed by atoms with Crippen LogP contribution in [-0.2, 0) is 10.8 Å². The fraction of sp³-hybridized carbons (Fsp3) is 0.571. The zero-order chi connectivity index (χ0) is 18.0. The molecule has 23 heavy (non-hydrogen) atoms. The number of phenols is 1. The molecule has 0 aliphatic heterocycles. The first-order chi connectivity index (χ1) is 10.2. The van der Waals surface area contributed by atoms with E-state index in [1.807, 2.05) is 0 Å². The molecule has 0 radical (unpaired) electrons. The van der Waals surface area contributed by atoms with Crippen molar-refractivity contribution in [2.45, 2.75) is 49.9 Å². The normalized spacial score (nSPS) is 18.2. The van der Waals surface area contributed by atoms with E-state index in [0.717, 1.165) is 13.8 Å². The van der Waals surface area contributed by atoms with Gasteiger partial charge in [-0.15, -0.1) is 0 Å². The van der Waals surface area contributed by atoms with Gasteiger partial charge in [-0.25, -0.2) is 4.39 Å². The molecule has 1 saturated carbocycles. The van der Waals surface area contributed by atoms with Crippen molar-refractivity contribution < 1.29 is 35.8 Å². The van der Waals surface area contributed by atoms with Crippen molar-refractivity contribution >= 4 is 15.9 Å². The van der Waals surface area contributed by atoms with E-state index in [1.54, 1.807) is 0 Å². The smallest absolute Gasteiger partial charge is 0.398 e. The van der Waals surface area contributed by atoms with Crippen molar-refractivity contribution in [1.82, 2.24) is 0 Å². The highest BCUT2D eigenvalue weighted by atomic mass is 79.9. The zero-order valence-corrected chi connectivity index (χ0v) is 13.5. The molecule has 2 rings (SSSR count). The zero-order valence-electron chi connectivity index (χ0n) is 12.0. The number of hydrogen-bond acceptors (Lipinski definition) is 1. The van der Waals surface area contributed by atoms with E-state index in [2.05, 4.69) is 15.9 Å². The highest BCUT2D eigenvalue weighted by Crippen LogP contribution is 2.62. The Bertz CT molecular complexity index is 602. The van der Waals surface area contributed by atoms with Crippen LogP contribution < -0.4 is 0 Å². The van der Waals surface area contributed by atoms with Crippen molar-refractivity contribution in [3.63, 3.8) is 0 Å². The van der Waals surface area contributed by atoms with Gasteiger partial charge < -0.3 is 5.11 Å². The summed E-state index contributed by atoms with van der Waals surface area (Å²) in [6, 6.07) is 0.608. The first kappa shape index (κ1) is 18.4. The Balaban J connectivity index is 2.75. The molecular weight excluding hydrogens is 397 g/mol. The Hall–Kier alpha value is -0.990. The van der Waals surface area contributed by atoms with Crippen LogP contribution in [0, 0.1) is 5.82 Å². The standard InChI is InChI=1S/C14H12BrF7O/c1-11(2,13(17,18)19)6-5-7(10(23)9(16)8(6)15)12(3-4-12)14(20,21)22/h5,23H,3-4H2,1-2H3. The number of rotatable bonds is 2. The summed E-state index contributed by atoms with van der Waals surface area (Å²) in [4.78, 5) is 0. The van der Waals surface area contributed by atoms with Gasteiger partial charge in [-0.2, -0.15) is 26.3 Å². The lowest BCUT2D eigenvalue weighted by Gasteiger charge is -2.31. The monoisotopic (exact) mass is 408 g/mol. The Labute approximate surface area is 135 Å². The molecule has 0 atom stereocenters. The van der Waals surface area contributed by atoms with E-state index in [4.69, 9.17) is 0 Å². The van der Waals surface area contributed by atoms with Gasteiger partial charge in [0.25, 0.3) is 0 Å². The summed E-state index contributed by atoms with van der Waals surface area (Å²) < 4.78 is 92.5. The maximum absolute atomic E-state index is 14.1. The first-order valence-corrected chi connectivity index (χ1v) is 7.31. The lowest BCUT2D eigenvalue weighted by atomic mass is 9.80. The SMILES string of the molecule is CC(C)(c1cc(C2(C(F)(F)F)CC2)c(O)c(F)c1Br)C(F)(F)F. The molecule has 1 aliphatic rings. The number of alkyl halides is 6. The Morgan fingerprint density at radius 2 is 1.57 bits per heavy atom. The molecule has 1 aromatic carbocycles. The molecule has 130 valence electrons. The summed E-state index contributed by atoms with van der Waals surface area (Å²) in [7, 11) is 0. The van der Waals surface area contributed by atoms with Crippen LogP contribution >= 0.6 is 15.9 Å². The minimum atomic E-state index is -4.81. The van der Waals surface area contributed by atoms with Crippen LogP contribution in [-0.4, -0.2) is 17.5 Å². The summed E-state index contributed by atoms with van der Waals surface area (Å²) in [5.41, 5.74) is -6.63. The third kappa shape index (κ3) is 2.60. The molecule has 9 heteroatoms. The molecule has 1 aliphatic carbocycles. The van der Waals surface area contributed by atoms with E-state index in [0.29, 0.717) is 6.07 Å². The molecule has 1 nitrogen and oxygen atoms in total. The molecule has 0 aromatic heterocycles. The highest BCUT2D eigenvalue weighted by Gasteiger charge is 2.66. The number of phenolic OH excluding ortho intramolecular Hbond substituents is 1. The van der Waals surface area contributed by atoms with Gasteiger partial charge in [-0.3, -0.25) is 0 Å². The minimum absolute atomic E-state index is 0.406. The second kappa shape index (κ2) is 5.00. The van der Waals surface area contributed by atoms with Gasteiger partial charge in [0.05, 0.1) is 15.3 Å². The number of hydrogen-bond donors (Lipinski definition) is 1. The van der Waals surface area contributed by atoms with Crippen molar-refractivity contribution in [2.24, 2.45) is 0 Å². The topological polar surface area (TPSA) is 20.2 Å². The fourth-order valence-corrected chi connectivity index (χ4v) is 3.22. The summed E-state index contributed by atoms with van der Waals surface area (Å²) in [5, 5.41) is 9.72. The van der Waals surface area contributed by atoms with Crippen LogP contribution in [0.4, 0.5) is 30.7 Å². The summed E-state index contributed by atoms with van der Waals surface area (Å²) in [6.45, 7) is 1.47. The number of aromatic hydroxyl groups is 1. The average molecular weight is 409 g/mol. The van der Waals surface area contributed by atoms with Gasteiger partial charge in [0.2, 0.25) is 0 Å². The number of benzene rings is 1. The van der Waals surface area contributed by atoms with Crippen molar-refractivity contribution in [1.29, 1.82) is 0 Å². The second-order valence-corrected chi connectivity index (χ2v) is 6.94. The van der Waals surface area contributed by atoms with Crippen LogP contribution in [0.25, 0.3) is 0 Å². The molecule has 0 heterocycles. The van der Waals surface area contributed by atoms with Crippen molar-refractivity contribution in [3.05, 3.63) is 27.5 Å². The van der Waals surface area contributed by atoms with Gasteiger partial charge >= 0.3 is 12.4 Å². The van der Waals surface area contributed by atoms with Crippen molar-refractivity contribution in [2.75, 3.05) is 0 Å². The lowest BCUT2D eigenvalue weighted by molar-refractivity contribution is -0.180. The van der Waals surface area contributed by atoms with Crippen LogP contribution in [0.1, 0.15) is 37.8 Å². The number of halogens is 8. The van der Waals surface area contributed by atoms with Gasteiger partial charge in [-0.1, -0.05) is 0 Å². The summed E-state index contributed by atoms with van der Waals surface area (Å²) in [6.07, 6.45) is -10.4. The summed E-state index contributed by atoms with van der Waals surface area (Å²) >= 11 is 2.61. The Morgan fingerprint density at radius 1 is 1.09 bits per heavy atom. The molecule has 1 aromatic rings. The minimum Gasteiger partial charge on any atom is -0.505 e. The van der Waals surface area contributed by atoms with Crippen LogP contribution in [0.2, 0.25) is 0 Å². The molecule has 0 unspecified atom stereocenters. The van der Waals surface area contributed by atoms with Crippen LogP contribution in [0.3, 0.4) is 0 Å². The summed E-state index contributed by atoms with van der Waals surface area (Å²) in [5.74, 6) is -2.79. The van der Waals surface area contributed by atoms with Gasteiger partial charge in [0.15, 0.2) is 11.6 Å². The molecule has 1 fully saturated rings.